The highest BCUT2D eigenvalue weighted by Gasteiger charge is 2.20. The van der Waals surface area contributed by atoms with Gasteiger partial charge in [0.25, 0.3) is 0 Å². The van der Waals surface area contributed by atoms with Crippen LogP contribution in [0.15, 0.2) is 24.3 Å². The van der Waals surface area contributed by atoms with E-state index < -0.39 is 10.0 Å². The fraction of sp³-hybridized carbons (Fsp3) is 0.650. The van der Waals surface area contributed by atoms with Crippen molar-refractivity contribution in [1.29, 1.82) is 0 Å². The van der Waals surface area contributed by atoms with E-state index in [0.29, 0.717) is 12.2 Å². The Bertz CT molecular complexity index is 684. The Kier molecular flexibility index (Phi) is 8.96. The summed E-state index contributed by atoms with van der Waals surface area (Å²) >= 11 is 2.01. The molecular weight excluding hydrogens is 380 g/mol. The molecule has 1 saturated carbocycles. The number of sulfonamides is 1. The molecule has 0 saturated heterocycles. The Morgan fingerprint density at radius 3 is 2.44 bits per heavy atom. The largest absolute Gasteiger partial charge is 0.354 e. The molecular formula is C20H32N2O3S2. The number of amides is 1. The molecule has 0 spiro atoms. The summed E-state index contributed by atoms with van der Waals surface area (Å²) in [5.74, 6) is 0.779. The summed E-state index contributed by atoms with van der Waals surface area (Å²) < 4.78 is 25.4. The van der Waals surface area contributed by atoms with Crippen molar-refractivity contribution >= 4 is 33.4 Å². The number of benzene rings is 1. The highest BCUT2D eigenvalue weighted by Crippen LogP contribution is 2.28. The van der Waals surface area contributed by atoms with Gasteiger partial charge in [-0.1, -0.05) is 38.3 Å². The average molecular weight is 413 g/mol. The smallest absolute Gasteiger partial charge is 0.240 e. The molecule has 1 aliphatic rings. The van der Waals surface area contributed by atoms with Crippen LogP contribution in [0.25, 0.3) is 0 Å². The molecule has 0 heterocycles. The van der Waals surface area contributed by atoms with E-state index in [1.54, 1.807) is 12.1 Å². The molecule has 1 amide bonds. The van der Waals surface area contributed by atoms with Gasteiger partial charge in [-0.3, -0.25) is 9.10 Å². The summed E-state index contributed by atoms with van der Waals surface area (Å²) in [6, 6.07) is 7.31. The highest BCUT2D eigenvalue weighted by atomic mass is 32.2. The fourth-order valence-electron chi connectivity index (χ4n) is 3.27. The summed E-state index contributed by atoms with van der Waals surface area (Å²) in [6.07, 6.45) is 9.62. The first kappa shape index (κ1) is 22.1. The molecule has 1 fully saturated rings. The maximum atomic E-state index is 12.2. The number of nitrogens with one attached hydrogen (secondary N) is 1. The normalized spacial score (nSPS) is 15.5. The zero-order valence-electron chi connectivity index (χ0n) is 16.4. The predicted molar refractivity (Wildman–Crippen MR) is 115 cm³/mol. The lowest BCUT2D eigenvalue weighted by atomic mass is 10.0. The van der Waals surface area contributed by atoms with Gasteiger partial charge in [0.15, 0.2) is 0 Å². The van der Waals surface area contributed by atoms with Crippen LogP contribution in [0.2, 0.25) is 0 Å². The molecule has 27 heavy (non-hydrogen) atoms. The second-order valence-electron chi connectivity index (χ2n) is 7.12. The number of nitrogens with zero attached hydrogens (tertiary/aromatic N) is 1. The molecule has 2 rings (SSSR count). The number of hydrogen-bond donors (Lipinski definition) is 1. The lowest BCUT2D eigenvalue weighted by Gasteiger charge is -2.22. The monoisotopic (exact) mass is 412 g/mol. The van der Waals surface area contributed by atoms with Gasteiger partial charge in [0.1, 0.15) is 6.54 Å². The maximum Gasteiger partial charge on any atom is 0.240 e. The molecule has 1 N–H and O–H groups in total. The van der Waals surface area contributed by atoms with Gasteiger partial charge in [-0.05, 0) is 49.1 Å². The SMILES string of the molecule is CCc1ccc(N(CC(=O)NCCCSC2CCCCC2)S(C)(=O)=O)cc1. The molecule has 0 unspecified atom stereocenters. The summed E-state index contributed by atoms with van der Waals surface area (Å²) in [5, 5.41) is 3.64. The zero-order chi connectivity index (χ0) is 19.7. The molecule has 1 aliphatic carbocycles. The van der Waals surface area contributed by atoms with E-state index in [-0.39, 0.29) is 12.5 Å². The van der Waals surface area contributed by atoms with Crippen molar-refractivity contribution in [2.45, 2.75) is 57.1 Å². The Hall–Kier alpha value is -1.21. The molecule has 0 bridgehead atoms. The molecule has 1 aromatic carbocycles. The van der Waals surface area contributed by atoms with E-state index in [1.165, 1.54) is 36.4 Å². The first-order chi connectivity index (χ1) is 12.9. The van der Waals surface area contributed by atoms with Gasteiger partial charge >= 0.3 is 0 Å². The van der Waals surface area contributed by atoms with Crippen LogP contribution in [0.1, 0.15) is 51.0 Å². The Morgan fingerprint density at radius 2 is 1.85 bits per heavy atom. The van der Waals surface area contributed by atoms with E-state index in [0.717, 1.165) is 35.7 Å². The van der Waals surface area contributed by atoms with Gasteiger partial charge < -0.3 is 5.32 Å². The summed E-state index contributed by atoms with van der Waals surface area (Å²) in [6.45, 7) is 2.45. The van der Waals surface area contributed by atoms with Crippen molar-refractivity contribution in [3.8, 4) is 0 Å². The van der Waals surface area contributed by atoms with E-state index in [1.807, 2.05) is 30.8 Å². The number of hydrogen-bond acceptors (Lipinski definition) is 4. The molecule has 0 radical (unpaired) electrons. The van der Waals surface area contributed by atoms with Crippen molar-refractivity contribution in [1.82, 2.24) is 5.32 Å². The van der Waals surface area contributed by atoms with E-state index in [9.17, 15) is 13.2 Å². The molecule has 1 aromatic rings. The van der Waals surface area contributed by atoms with E-state index >= 15 is 0 Å². The molecule has 152 valence electrons. The Balaban J connectivity index is 1.77. The number of carbonyl (C=O) groups is 1. The standard InChI is InChI=1S/C20H32N2O3S2/c1-3-17-10-12-18(13-11-17)22(27(2,24)25)16-20(23)21-14-7-15-26-19-8-5-4-6-9-19/h10-13,19H,3-9,14-16H2,1-2H3,(H,21,23). The number of rotatable bonds is 10. The topological polar surface area (TPSA) is 66.5 Å². The van der Waals surface area contributed by atoms with Gasteiger partial charge in [-0.25, -0.2) is 8.42 Å². The minimum Gasteiger partial charge on any atom is -0.354 e. The lowest BCUT2D eigenvalue weighted by molar-refractivity contribution is -0.119. The third-order valence-corrected chi connectivity index (χ3v) is 7.48. The molecule has 5 nitrogen and oxygen atoms in total. The van der Waals surface area contributed by atoms with Crippen molar-refractivity contribution in [2.75, 3.05) is 29.4 Å². The van der Waals surface area contributed by atoms with Gasteiger partial charge in [0.05, 0.1) is 11.9 Å². The van der Waals surface area contributed by atoms with Crippen molar-refractivity contribution < 1.29 is 13.2 Å². The first-order valence-corrected chi connectivity index (χ1v) is 12.7. The average Bonchev–Trinajstić information content (AvgIpc) is 2.66. The number of thioether (sulfide) groups is 1. The van der Waals surface area contributed by atoms with Gasteiger partial charge in [0, 0.05) is 11.8 Å². The van der Waals surface area contributed by atoms with Gasteiger partial charge in [0.2, 0.25) is 15.9 Å². The molecule has 0 atom stereocenters. The van der Waals surface area contributed by atoms with E-state index in [2.05, 4.69) is 5.32 Å². The Morgan fingerprint density at radius 1 is 1.19 bits per heavy atom. The zero-order valence-corrected chi connectivity index (χ0v) is 18.1. The van der Waals surface area contributed by atoms with Crippen molar-refractivity contribution in [3.05, 3.63) is 29.8 Å². The lowest BCUT2D eigenvalue weighted by Crippen LogP contribution is -2.40. The third kappa shape index (κ3) is 7.74. The maximum absolute atomic E-state index is 12.2. The quantitative estimate of drug-likeness (QED) is 0.597. The minimum absolute atomic E-state index is 0.180. The van der Waals surface area contributed by atoms with Crippen LogP contribution in [-0.2, 0) is 21.2 Å². The second-order valence-corrected chi connectivity index (χ2v) is 10.4. The molecule has 0 aliphatic heterocycles. The number of carbonyl (C=O) groups excluding carboxylic acids is 1. The summed E-state index contributed by atoms with van der Waals surface area (Å²) in [4.78, 5) is 12.2. The Labute approximate surface area is 168 Å². The predicted octanol–water partition coefficient (Wildman–Crippen LogP) is 3.59. The van der Waals surface area contributed by atoms with Crippen LogP contribution in [0.5, 0.6) is 0 Å². The van der Waals surface area contributed by atoms with Crippen LogP contribution in [0, 0.1) is 0 Å². The number of anilines is 1. The summed E-state index contributed by atoms with van der Waals surface area (Å²) in [7, 11) is -3.51. The van der Waals surface area contributed by atoms with Gasteiger partial charge in [-0.15, -0.1) is 0 Å². The van der Waals surface area contributed by atoms with E-state index in [4.69, 9.17) is 0 Å². The van der Waals surface area contributed by atoms with Crippen LogP contribution >= 0.6 is 11.8 Å². The van der Waals surface area contributed by atoms with Crippen molar-refractivity contribution in [3.63, 3.8) is 0 Å². The molecule has 0 aromatic heterocycles. The van der Waals surface area contributed by atoms with Crippen LogP contribution in [0.4, 0.5) is 5.69 Å². The van der Waals surface area contributed by atoms with Crippen LogP contribution in [0.3, 0.4) is 0 Å². The minimum atomic E-state index is -3.51. The fourth-order valence-corrected chi connectivity index (χ4v) is 5.43. The number of aryl methyl sites for hydroxylation is 1. The highest BCUT2D eigenvalue weighted by molar-refractivity contribution is 7.99. The second kappa shape index (κ2) is 11.0. The van der Waals surface area contributed by atoms with Crippen LogP contribution < -0.4 is 9.62 Å². The summed E-state index contributed by atoms with van der Waals surface area (Å²) in [5.41, 5.74) is 1.66. The molecule has 7 heteroatoms. The van der Waals surface area contributed by atoms with Crippen LogP contribution in [-0.4, -0.2) is 44.7 Å². The van der Waals surface area contributed by atoms with Gasteiger partial charge in [-0.2, -0.15) is 11.8 Å². The third-order valence-electron chi connectivity index (χ3n) is 4.87. The first-order valence-electron chi connectivity index (χ1n) is 9.85. The van der Waals surface area contributed by atoms with Crippen molar-refractivity contribution in [2.24, 2.45) is 0 Å².